The number of nitrogens with zero attached hydrogens (tertiary/aromatic N) is 3. The largest absolute Gasteiger partial charge is 0.348 e. The van der Waals surface area contributed by atoms with Crippen LogP contribution >= 0.6 is 0 Å². The number of hydrogen-bond acceptors (Lipinski definition) is 3. The van der Waals surface area contributed by atoms with Crippen molar-refractivity contribution in [2.75, 3.05) is 0 Å². The SMILES string of the molecule is Cn1cc(/C=C/C(=O)NCc2cccnc2)cn1. The van der Waals surface area contributed by atoms with Crippen molar-refractivity contribution in [2.24, 2.45) is 7.05 Å². The number of amides is 1. The van der Waals surface area contributed by atoms with Crippen molar-refractivity contribution in [2.45, 2.75) is 6.54 Å². The zero-order chi connectivity index (χ0) is 12.8. The summed E-state index contributed by atoms with van der Waals surface area (Å²) >= 11 is 0. The summed E-state index contributed by atoms with van der Waals surface area (Å²) in [5.74, 6) is -0.136. The molecule has 2 aromatic heterocycles. The summed E-state index contributed by atoms with van der Waals surface area (Å²) in [6, 6.07) is 3.76. The van der Waals surface area contributed by atoms with Crippen molar-refractivity contribution < 1.29 is 4.79 Å². The Morgan fingerprint density at radius 2 is 2.39 bits per heavy atom. The first-order valence-corrected chi connectivity index (χ1v) is 5.57. The molecule has 1 N–H and O–H groups in total. The second-order valence-electron chi connectivity index (χ2n) is 3.86. The van der Waals surface area contributed by atoms with Crippen molar-refractivity contribution in [3.8, 4) is 0 Å². The normalized spacial score (nSPS) is 10.7. The summed E-state index contributed by atoms with van der Waals surface area (Å²) in [5, 5.41) is 6.80. The van der Waals surface area contributed by atoms with Gasteiger partial charge in [-0.25, -0.2) is 0 Å². The predicted molar refractivity (Wildman–Crippen MR) is 68.3 cm³/mol. The first-order valence-electron chi connectivity index (χ1n) is 5.57. The smallest absolute Gasteiger partial charge is 0.244 e. The molecule has 2 heterocycles. The molecule has 0 fully saturated rings. The van der Waals surface area contributed by atoms with Crippen LogP contribution in [0.25, 0.3) is 6.08 Å². The maximum Gasteiger partial charge on any atom is 0.244 e. The zero-order valence-electron chi connectivity index (χ0n) is 10.1. The number of nitrogens with one attached hydrogen (secondary N) is 1. The Balaban J connectivity index is 1.84. The average molecular weight is 242 g/mol. The number of aryl methyl sites for hydroxylation is 1. The van der Waals surface area contributed by atoms with Gasteiger partial charge >= 0.3 is 0 Å². The zero-order valence-corrected chi connectivity index (χ0v) is 10.1. The van der Waals surface area contributed by atoms with Gasteiger partial charge in [-0.15, -0.1) is 0 Å². The molecule has 0 radical (unpaired) electrons. The van der Waals surface area contributed by atoms with Crippen LogP contribution in [0, 0.1) is 0 Å². The summed E-state index contributed by atoms with van der Waals surface area (Å²) in [5.41, 5.74) is 1.87. The molecule has 0 aromatic carbocycles. The summed E-state index contributed by atoms with van der Waals surface area (Å²) in [6.07, 6.45) is 10.2. The highest BCUT2D eigenvalue weighted by Gasteiger charge is 1.97. The summed E-state index contributed by atoms with van der Waals surface area (Å²) in [4.78, 5) is 15.5. The lowest BCUT2D eigenvalue weighted by atomic mass is 10.3. The fourth-order valence-electron chi connectivity index (χ4n) is 1.45. The molecule has 0 spiro atoms. The maximum atomic E-state index is 11.6. The molecule has 2 rings (SSSR count). The van der Waals surface area contributed by atoms with Gasteiger partial charge < -0.3 is 5.32 Å². The number of carbonyl (C=O) groups excluding carboxylic acids is 1. The minimum atomic E-state index is -0.136. The third-order valence-electron chi connectivity index (χ3n) is 2.34. The van der Waals surface area contributed by atoms with Crippen molar-refractivity contribution in [1.29, 1.82) is 0 Å². The van der Waals surface area contributed by atoms with E-state index in [-0.39, 0.29) is 5.91 Å². The second-order valence-corrected chi connectivity index (χ2v) is 3.86. The number of hydrogen-bond donors (Lipinski definition) is 1. The van der Waals surface area contributed by atoms with Gasteiger partial charge in [0.15, 0.2) is 0 Å². The highest BCUT2D eigenvalue weighted by Crippen LogP contribution is 1.99. The van der Waals surface area contributed by atoms with E-state index in [0.717, 1.165) is 11.1 Å². The van der Waals surface area contributed by atoms with Crippen LogP contribution in [-0.4, -0.2) is 20.7 Å². The van der Waals surface area contributed by atoms with Crippen LogP contribution in [0.15, 0.2) is 43.0 Å². The molecule has 1 amide bonds. The molecule has 0 unspecified atom stereocenters. The topological polar surface area (TPSA) is 59.8 Å². The lowest BCUT2D eigenvalue weighted by Crippen LogP contribution is -2.20. The third kappa shape index (κ3) is 3.55. The molecule has 0 aliphatic heterocycles. The number of aromatic nitrogens is 3. The van der Waals surface area contributed by atoms with Gasteiger partial charge in [0.1, 0.15) is 0 Å². The molecule has 2 aromatic rings. The molecule has 0 aliphatic rings. The maximum absolute atomic E-state index is 11.6. The van der Waals surface area contributed by atoms with Gasteiger partial charge in [-0.3, -0.25) is 14.5 Å². The highest BCUT2D eigenvalue weighted by molar-refractivity contribution is 5.91. The molecule has 0 saturated heterocycles. The van der Waals surface area contributed by atoms with Crippen LogP contribution in [0.2, 0.25) is 0 Å². The van der Waals surface area contributed by atoms with E-state index in [4.69, 9.17) is 0 Å². The van der Waals surface area contributed by atoms with Gasteiger partial charge in [0, 0.05) is 43.8 Å². The van der Waals surface area contributed by atoms with E-state index in [0.29, 0.717) is 6.54 Å². The van der Waals surface area contributed by atoms with Gasteiger partial charge in [0.25, 0.3) is 0 Å². The van der Waals surface area contributed by atoms with Gasteiger partial charge in [-0.05, 0) is 17.7 Å². The standard InChI is InChI=1S/C13H14N4O/c1-17-10-12(9-16-17)4-5-13(18)15-8-11-3-2-6-14-7-11/h2-7,9-10H,8H2,1H3,(H,15,18)/b5-4+. The molecular weight excluding hydrogens is 228 g/mol. The Morgan fingerprint density at radius 1 is 1.50 bits per heavy atom. The summed E-state index contributed by atoms with van der Waals surface area (Å²) in [6.45, 7) is 0.476. The average Bonchev–Trinajstić information content (AvgIpc) is 2.81. The molecular formula is C13H14N4O. The van der Waals surface area contributed by atoms with Gasteiger partial charge in [0.2, 0.25) is 5.91 Å². The van der Waals surface area contributed by atoms with E-state index in [1.165, 1.54) is 6.08 Å². The van der Waals surface area contributed by atoms with Crippen LogP contribution in [0.4, 0.5) is 0 Å². The fourth-order valence-corrected chi connectivity index (χ4v) is 1.45. The molecule has 0 atom stereocenters. The van der Waals surface area contributed by atoms with Crippen molar-refractivity contribution in [1.82, 2.24) is 20.1 Å². The Hall–Kier alpha value is -2.43. The van der Waals surface area contributed by atoms with E-state index in [1.807, 2.05) is 25.4 Å². The van der Waals surface area contributed by atoms with E-state index in [1.54, 1.807) is 29.3 Å². The van der Waals surface area contributed by atoms with Crippen molar-refractivity contribution in [3.05, 3.63) is 54.1 Å². The molecule has 18 heavy (non-hydrogen) atoms. The van der Waals surface area contributed by atoms with Crippen LogP contribution in [0.3, 0.4) is 0 Å². The second kappa shape index (κ2) is 5.77. The van der Waals surface area contributed by atoms with E-state index in [2.05, 4.69) is 15.4 Å². The van der Waals surface area contributed by atoms with Crippen molar-refractivity contribution in [3.63, 3.8) is 0 Å². The van der Waals surface area contributed by atoms with Gasteiger partial charge in [-0.1, -0.05) is 6.07 Å². The Bertz CT molecular complexity index is 545. The Morgan fingerprint density at radius 3 is 3.06 bits per heavy atom. The lowest BCUT2D eigenvalue weighted by Gasteiger charge is -2.00. The first kappa shape index (κ1) is 12.0. The van der Waals surface area contributed by atoms with Crippen molar-refractivity contribution >= 4 is 12.0 Å². The summed E-state index contributed by atoms with van der Waals surface area (Å²) in [7, 11) is 1.83. The molecule has 0 aliphatic carbocycles. The molecule has 0 saturated carbocycles. The monoisotopic (exact) mass is 242 g/mol. The van der Waals surface area contributed by atoms with Gasteiger partial charge in [-0.2, -0.15) is 5.10 Å². The Kier molecular flexibility index (Phi) is 3.86. The molecule has 5 nitrogen and oxygen atoms in total. The van der Waals surface area contributed by atoms with Crippen LogP contribution in [0.5, 0.6) is 0 Å². The number of pyridine rings is 1. The van der Waals surface area contributed by atoms with Gasteiger partial charge in [0.05, 0.1) is 6.20 Å². The molecule has 0 bridgehead atoms. The quantitative estimate of drug-likeness (QED) is 0.818. The molecule has 92 valence electrons. The fraction of sp³-hybridized carbons (Fsp3) is 0.154. The van der Waals surface area contributed by atoms with Crippen LogP contribution < -0.4 is 5.32 Å². The van der Waals surface area contributed by atoms with Crippen LogP contribution in [0.1, 0.15) is 11.1 Å². The van der Waals surface area contributed by atoms with E-state index in [9.17, 15) is 4.79 Å². The Labute approximate surface area is 105 Å². The highest BCUT2D eigenvalue weighted by atomic mass is 16.1. The lowest BCUT2D eigenvalue weighted by molar-refractivity contribution is -0.116. The first-order chi connectivity index (χ1) is 8.74. The predicted octanol–water partition coefficient (Wildman–Crippen LogP) is 1.14. The summed E-state index contributed by atoms with van der Waals surface area (Å²) < 4.78 is 1.69. The minimum Gasteiger partial charge on any atom is -0.348 e. The number of rotatable bonds is 4. The van der Waals surface area contributed by atoms with Crippen LogP contribution in [-0.2, 0) is 18.4 Å². The minimum absolute atomic E-state index is 0.136. The number of carbonyl (C=O) groups is 1. The third-order valence-corrected chi connectivity index (χ3v) is 2.34. The van der Waals surface area contributed by atoms with E-state index < -0.39 is 0 Å². The molecule has 5 heteroatoms. The van der Waals surface area contributed by atoms with E-state index >= 15 is 0 Å².